The van der Waals surface area contributed by atoms with Crippen molar-refractivity contribution < 1.29 is 0 Å². The number of halogens is 1. The third kappa shape index (κ3) is 3.26. The number of rotatable bonds is 3. The molecule has 1 aromatic rings. The number of aromatic nitrogens is 2. The highest BCUT2D eigenvalue weighted by molar-refractivity contribution is 9.10. The van der Waals surface area contributed by atoms with Crippen molar-refractivity contribution in [3.8, 4) is 0 Å². The average Bonchev–Trinajstić information content (AvgIpc) is 2.36. The summed E-state index contributed by atoms with van der Waals surface area (Å²) in [5, 5.41) is 10.2. The quantitative estimate of drug-likeness (QED) is 0.511. The summed E-state index contributed by atoms with van der Waals surface area (Å²) in [5.41, 5.74) is 3.11. The van der Waals surface area contributed by atoms with Crippen LogP contribution in [0.5, 0.6) is 0 Å². The van der Waals surface area contributed by atoms with Crippen molar-refractivity contribution in [2.75, 3.05) is 5.43 Å². The van der Waals surface area contributed by atoms with E-state index in [1.54, 1.807) is 0 Å². The molecular weight excluding hydrogens is 284 g/mol. The minimum Gasteiger partial charge on any atom is -0.276 e. The van der Waals surface area contributed by atoms with E-state index in [9.17, 15) is 4.79 Å². The molecule has 0 saturated heterocycles. The minimum atomic E-state index is -0.272. The van der Waals surface area contributed by atoms with Gasteiger partial charge < -0.3 is 0 Å². The smallest absolute Gasteiger partial charge is 0.276 e. The van der Waals surface area contributed by atoms with E-state index < -0.39 is 0 Å². The molecule has 1 aromatic heterocycles. The third-order valence-electron chi connectivity index (χ3n) is 2.58. The number of anilines is 1. The second-order valence-electron chi connectivity index (χ2n) is 3.86. The summed E-state index contributed by atoms with van der Waals surface area (Å²) in [6.45, 7) is 0. The van der Waals surface area contributed by atoms with E-state index in [4.69, 9.17) is 0 Å². The predicted octanol–water partition coefficient (Wildman–Crippen LogP) is 2.29. The van der Waals surface area contributed by atoms with Gasteiger partial charge in [0.15, 0.2) is 0 Å². The molecule has 2 N–H and O–H groups in total. The Bertz CT molecular complexity index is 494. The van der Waals surface area contributed by atoms with Gasteiger partial charge in [-0.25, -0.2) is 5.10 Å². The van der Waals surface area contributed by atoms with Gasteiger partial charge in [0.05, 0.1) is 11.9 Å². The Morgan fingerprint density at radius 2 is 2.47 bits per heavy atom. The highest BCUT2D eigenvalue weighted by Crippen LogP contribution is 2.17. The fourth-order valence-electron chi connectivity index (χ4n) is 1.63. The van der Waals surface area contributed by atoms with Crippen molar-refractivity contribution in [2.24, 2.45) is 11.0 Å². The van der Waals surface area contributed by atoms with Crippen LogP contribution in [0.2, 0.25) is 0 Å². The number of hydrogen-bond acceptors (Lipinski definition) is 4. The minimum absolute atomic E-state index is 0.272. The first kappa shape index (κ1) is 12.0. The van der Waals surface area contributed by atoms with Gasteiger partial charge in [0.1, 0.15) is 4.47 Å². The Labute approximate surface area is 107 Å². The monoisotopic (exact) mass is 296 g/mol. The topological polar surface area (TPSA) is 70.1 Å². The van der Waals surface area contributed by atoms with E-state index in [1.807, 2.05) is 6.21 Å². The normalized spacial score (nSPS) is 19.7. The number of aromatic amines is 1. The number of allylic oxidation sites excluding steroid dienone is 2. The molecule has 0 spiro atoms. The Morgan fingerprint density at radius 3 is 3.24 bits per heavy atom. The maximum Gasteiger partial charge on any atom is 0.280 e. The van der Waals surface area contributed by atoms with Crippen LogP contribution < -0.4 is 11.0 Å². The molecule has 0 amide bonds. The van der Waals surface area contributed by atoms with Crippen LogP contribution in [0.1, 0.15) is 19.3 Å². The largest absolute Gasteiger partial charge is 0.280 e. The van der Waals surface area contributed by atoms with Gasteiger partial charge in [0, 0.05) is 6.21 Å². The Morgan fingerprint density at radius 1 is 1.59 bits per heavy atom. The lowest BCUT2D eigenvalue weighted by atomic mass is 9.96. The lowest BCUT2D eigenvalue weighted by molar-refractivity contribution is 0.627. The number of hydrogen-bond donors (Lipinski definition) is 2. The first-order valence-electron chi connectivity index (χ1n) is 5.45. The molecule has 0 aliphatic heterocycles. The van der Waals surface area contributed by atoms with Crippen LogP contribution in [0.15, 0.2) is 32.7 Å². The molecule has 2 rings (SSSR count). The van der Waals surface area contributed by atoms with Crippen molar-refractivity contribution in [1.29, 1.82) is 0 Å². The zero-order chi connectivity index (χ0) is 12.1. The van der Waals surface area contributed by atoms with Gasteiger partial charge in [-0.1, -0.05) is 12.2 Å². The SMILES string of the molecule is O=c1[nH]ncc(N/N=C/[C@H]2CC=CCC2)c1Br. The average molecular weight is 297 g/mol. The molecule has 6 heteroatoms. The zero-order valence-electron chi connectivity index (χ0n) is 9.19. The van der Waals surface area contributed by atoms with Crippen LogP contribution in [0.25, 0.3) is 0 Å². The maximum absolute atomic E-state index is 11.2. The molecule has 1 aliphatic carbocycles. The van der Waals surface area contributed by atoms with Gasteiger partial charge >= 0.3 is 0 Å². The molecule has 17 heavy (non-hydrogen) atoms. The van der Waals surface area contributed by atoms with Crippen LogP contribution in [0.3, 0.4) is 0 Å². The molecule has 0 saturated carbocycles. The first-order chi connectivity index (χ1) is 8.27. The standard InChI is InChI=1S/C11H13BrN4O/c12-10-9(7-14-16-11(10)17)15-13-6-8-4-2-1-3-5-8/h1-2,6-8H,3-5H2,(H2,15,16,17)/b13-6+/t8-/m0/s1. The van der Waals surface area contributed by atoms with Gasteiger partial charge in [-0.05, 0) is 41.1 Å². The van der Waals surface area contributed by atoms with E-state index in [-0.39, 0.29) is 5.56 Å². The second-order valence-corrected chi connectivity index (χ2v) is 4.65. The molecule has 0 bridgehead atoms. The van der Waals surface area contributed by atoms with Crippen LogP contribution in [0.4, 0.5) is 5.69 Å². The lowest BCUT2D eigenvalue weighted by Crippen LogP contribution is -2.11. The number of nitrogens with zero attached hydrogens (tertiary/aromatic N) is 2. The molecule has 0 fully saturated rings. The van der Waals surface area contributed by atoms with E-state index in [0.717, 1.165) is 19.3 Å². The predicted molar refractivity (Wildman–Crippen MR) is 71.2 cm³/mol. The Balaban J connectivity index is 1.97. The van der Waals surface area contributed by atoms with Gasteiger partial charge in [0.25, 0.3) is 5.56 Å². The summed E-state index contributed by atoms with van der Waals surface area (Å²) in [7, 11) is 0. The summed E-state index contributed by atoms with van der Waals surface area (Å²) in [4.78, 5) is 11.2. The van der Waals surface area contributed by atoms with Crippen LogP contribution in [0, 0.1) is 5.92 Å². The third-order valence-corrected chi connectivity index (χ3v) is 3.36. The van der Waals surface area contributed by atoms with Gasteiger partial charge in [-0.3, -0.25) is 10.2 Å². The molecule has 1 heterocycles. The highest BCUT2D eigenvalue weighted by Gasteiger charge is 2.07. The summed E-state index contributed by atoms with van der Waals surface area (Å²) in [5.74, 6) is 0.473. The number of nitrogens with one attached hydrogen (secondary N) is 2. The van der Waals surface area contributed by atoms with Crippen molar-refractivity contribution in [1.82, 2.24) is 10.2 Å². The van der Waals surface area contributed by atoms with E-state index in [2.05, 4.69) is 48.8 Å². The summed E-state index contributed by atoms with van der Waals surface area (Å²) < 4.78 is 0.410. The fraction of sp³-hybridized carbons (Fsp3) is 0.364. The van der Waals surface area contributed by atoms with Gasteiger partial charge in [-0.2, -0.15) is 10.2 Å². The van der Waals surface area contributed by atoms with Crippen molar-refractivity contribution in [3.05, 3.63) is 33.2 Å². The molecule has 0 aromatic carbocycles. The van der Waals surface area contributed by atoms with Crippen molar-refractivity contribution in [2.45, 2.75) is 19.3 Å². The molecule has 0 radical (unpaired) electrons. The maximum atomic E-state index is 11.2. The van der Waals surface area contributed by atoms with E-state index in [0.29, 0.717) is 16.1 Å². The number of H-pyrrole nitrogens is 1. The Kier molecular flexibility index (Phi) is 4.08. The highest BCUT2D eigenvalue weighted by atomic mass is 79.9. The number of hydrazone groups is 1. The Hall–Kier alpha value is -1.43. The molecule has 1 aliphatic rings. The molecule has 90 valence electrons. The van der Waals surface area contributed by atoms with Crippen LogP contribution in [-0.4, -0.2) is 16.4 Å². The van der Waals surface area contributed by atoms with Crippen molar-refractivity contribution >= 4 is 27.8 Å². The second kappa shape index (κ2) is 5.77. The van der Waals surface area contributed by atoms with Gasteiger partial charge in [-0.15, -0.1) is 0 Å². The molecule has 0 unspecified atom stereocenters. The molecule has 5 nitrogen and oxygen atoms in total. The van der Waals surface area contributed by atoms with E-state index in [1.165, 1.54) is 6.20 Å². The van der Waals surface area contributed by atoms with Gasteiger partial charge in [0.2, 0.25) is 0 Å². The zero-order valence-corrected chi connectivity index (χ0v) is 10.8. The van der Waals surface area contributed by atoms with Crippen LogP contribution in [-0.2, 0) is 0 Å². The van der Waals surface area contributed by atoms with E-state index >= 15 is 0 Å². The summed E-state index contributed by atoms with van der Waals surface area (Å²) in [6, 6.07) is 0. The fourth-order valence-corrected chi connectivity index (χ4v) is 1.91. The van der Waals surface area contributed by atoms with Crippen LogP contribution >= 0.6 is 15.9 Å². The first-order valence-corrected chi connectivity index (χ1v) is 6.24. The summed E-state index contributed by atoms with van der Waals surface area (Å²) >= 11 is 3.18. The molecular formula is C11H13BrN4O. The van der Waals surface area contributed by atoms with Crippen molar-refractivity contribution in [3.63, 3.8) is 0 Å². The molecule has 1 atom stereocenters. The lowest BCUT2D eigenvalue weighted by Gasteiger charge is -2.11. The summed E-state index contributed by atoms with van der Waals surface area (Å²) in [6.07, 6.45) is 11.0.